The second-order valence-corrected chi connectivity index (χ2v) is 12.2. The quantitative estimate of drug-likeness (QED) is 0.209. The number of hydrogen-bond acceptors (Lipinski definition) is 8. The van der Waals surface area contributed by atoms with Crippen molar-refractivity contribution in [2.24, 2.45) is 11.8 Å². The van der Waals surface area contributed by atoms with E-state index < -0.39 is 46.0 Å². The number of rotatable bonds is 13. The minimum Gasteiger partial charge on any atom is -0.390 e. The van der Waals surface area contributed by atoms with Crippen LogP contribution in [0.1, 0.15) is 35.5 Å². The summed E-state index contributed by atoms with van der Waals surface area (Å²) in [6.07, 6.45) is -1.85. The highest BCUT2D eigenvalue weighted by Gasteiger charge is 2.38. The molecule has 2 amide bonds. The zero-order chi connectivity index (χ0) is 28.6. The maximum Gasteiger partial charge on any atom is 0.271 e. The summed E-state index contributed by atoms with van der Waals surface area (Å²) in [5.74, 6) is -2.35. The molecule has 0 fully saturated rings. The Morgan fingerprint density at radius 1 is 0.949 bits per heavy atom. The third-order valence-electron chi connectivity index (χ3n) is 6.09. The van der Waals surface area contributed by atoms with Crippen molar-refractivity contribution in [1.82, 2.24) is 15.6 Å². The number of carbonyl (C=O) groups excluding carboxylic acids is 2. The molecule has 1 heterocycles. The van der Waals surface area contributed by atoms with Crippen LogP contribution >= 0.6 is 11.3 Å². The van der Waals surface area contributed by atoms with Gasteiger partial charge in [-0.1, -0.05) is 74.5 Å². The van der Waals surface area contributed by atoms with Gasteiger partial charge in [0.25, 0.3) is 5.91 Å². The summed E-state index contributed by atoms with van der Waals surface area (Å²) in [6.45, 7) is 3.82. The zero-order valence-electron chi connectivity index (χ0n) is 21.9. The highest BCUT2D eigenvalue weighted by atomic mass is 32.2. The van der Waals surface area contributed by atoms with Crippen LogP contribution in [-0.4, -0.2) is 59.9 Å². The van der Waals surface area contributed by atoms with E-state index in [1.54, 1.807) is 13.8 Å². The molecule has 4 atom stereocenters. The highest BCUT2D eigenvalue weighted by Crippen LogP contribution is 2.23. The molecule has 0 saturated heterocycles. The summed E-state index contributed by atoms with van der Waals surface area (Å²) >= 11 is 0.940. The molecule has 0 bridgehead atoms. The van der Waals surface area contributed by atoms with Crippen molar-refractivity contribution in [2.75, 3.05) is 11.0 Å². The monoisotopic (exact) mass is 574 g/mol. The standard InChI is InChI=1S/C27H34N4O6S2/c1-17(2)22(26(35)28-15-19-12-8-5-9-13-19)24(33)23(32)20(14-18-10-6-4-7-11-18)29-25(34)21-16-38-27(30-21)31-39(3,36)37/h4-13,16-17,20,22-24,32-33H,14-15H2,1-3H3,(H,28,35)(H,29,34)(H,30,31). The Kier molecular flexibility index (Phi) is 10.6. The van der Waals surface area contributed by atoms with Crippen molar-refractivity contribution in [3.8, 4) is 0 Å². The third-order valence-corrected chi connectivity index (χ3v) is 7.54. The van der Waals surface area contributed by atoms with Crippen LogP contribution in [0.2, 0.25) is 0 Å². The molecule has 0 saturated carbocycles. The van der Waals surface area contributed by atoms with Crippen molar-refractivity contribution in [3.05, 3.63) is 82.9 Å². The average molecular weight is 575 g/mol. The van der Waals surface area contributed by atoms with E-state index in [-0.39, 0.29) is 29.7 Å². The van der Waals surface area contributed by atoms with E-state index in [0.717, 1.165) is 28.7 Å². The minimum absolute atomic E-state index is 0.0257. The van der Waals surface area contributed by atoms with Crippen LogP contribution in [0.4, 0.5) is 5.13 Å². The van der Waals surface area contributed by atoms with E-state index in [1.165, 1.54) is 5.38 Å². The number of benzene rings is 2. The topological polar surface area (TPSA) is 158 Å². The van der Waals surface area contributed by atoms with Gasteiger partial charge in [0.05, 0.1) is 24.3 Å². The zero-order valence-corrected chi connectivity index (χ0v) is 23.6. The highest BCUT2D eigenvalue weighted by molar-refractivity contribution is 7.92. The lowest BCUT2D eigenvalue weighted by Crippen LogP contribution is -2.55. The summed E-state index contributed by atoms with van der Waals surface area (Å²) in [6, 6.07) is 17.5. The Morgan fingerprint density at radius 3 is 2.10 bits per heavy atom. The number of sulfonamides is 1. The molecule has 0 aliphatic rings. The molecule has 0 aliphatic heterocycles. The maximum atomic E-state index is 13.1. The average Bonchev–Trinajstić information content (AvgIpc) is 3.34. The van der Waals surface area contributed by atoms with E-state index in [0.29, 0.717) is 0 Å². The Bertz CT molecular complexity index is 1330. The van der Waals surface area contributed by atoms with E-state index >= 15 is 0 Å². The van der Waals surface area contributed by atoms with Gasteiger partial charge in [0.15, 0.2) is 5.13 Å². The number of thiazole rings is 1. The number of aromatic nitrogens is 1. The molecule has 3 aromatic rings. The van der Waals surface area contributed by atoms with Gasteiger partial charge in [0, 0.05) is 11.9 Å². The number of anilines is 1. The predicted octanol–water partition coefficient (Wildman–Crippen LogP) is 2.17. The second kappa shape index (κ2) is 13.7. The fraction of sp³-hybridized carbons (Fsp3) is 0.370. The summed E-state index contributed by atoms with van der Waals surface area (Å²) in [5.41, 5.74) is 1.64. The Balaban J connectivity index is 1.79. The smallest absolute Gasteiger partial charge is 0.271 e. The lowest BCUT2D eigenvalue weighted by atomic mass is 9.83. The SMILES string of the molecule is CC(C)C(C(=O)NCc1ccccc1)C(O)C(O)C(Cc1ccccc1)NC(=O)c1csc(NS(C)(=O)=O)n1. The molecule has 5 N–H and O–H groups in total. The summed E-state index contributed by atoms with van der Waals surface area (Å²) in [5, 5.41) is 29.5. The van der Waals surface area contributed by atoms with Crippen molar-refractivity contribution in [1.29, 1.82) is 0 Å². The first-order valence-corrected chi connectivity index (χ1v) is 15.2. The minimum atomic E-state index is -3.57. The maximum absolute atomic E-state index is 13.1. The second-order valence-electron chi connectivity index (χ2n) is 9.64. The predicted molar refractivity (Wildman–Crippen MR) is 151 cm³/mol. The number of nitrogens with zero attached hydrogens (tertiary/aromatic N) is 1. The van der Waals surface area contributed by atoms with Crippen LogP contribution in [0.5, 0.6) is 0 Å². The van der Waals surface area contributed by atoms with Crippen molar-refractivity contribution in [3.63, 3.8) is 0 Å². The third kappa shape index (κ3) is 9.13. The molecule has 2 aromatic carbocycles. The Labute approximate surface area is 232 Å². The molecule has 0 spiro atoms. The number of carbonyl (C=O) groups is 2. The van der Waals surface area contributed by atoms with Gasteiger partial charge in [-0.3, -0.25) is 14.3 Å². The van der Waals surface area contributed by atoms with Gasteiger partial charge in [0.1, 0.15) is 11.8 Å². The number of hydrogen-bond donors (Lipinski definition) is 5. The van der Waals surface area contributed by atoms with Crippen LogP contribution in [0.25, 0.3) is 0 Å². The molecule has 3 rings (SSSR count). The molecular formula is C27H34N4O6S2. The van der Waals surface area contributed by atoms with E-state index in [1.807, 2.05) is 60.7 Å². The first-order chi connectivity index (χ1) is 18.4. The van der Waals surface area contributed by atoms with Gasteiger partial charge >= 0.3 is 0 Å². The first-order valence-electron chi connectivity index (χ1n) is 12.4. The summed E-state index contributed by atoms with van der Waals surface area (Å²) < 4.78 is 25.2. The molecule has 0 radical (unpaired) electrons. The number of amides is 2. The van der Waals surface area contributed by atoms with Gasteiger partial charge in [-0.15, -0.1) is 11.3 Å². The first kappa shape index (κ1) is 30.2. The van der Waals surface area contributed by atoms with Gasteiger partial charge in [-0.05, 0) is 23.5 Å². The molecule has 210 valence electrons. The van der Waals surface area contributed by atoms with Crippen LogP contribution in [-0.2, 0) is 27.8 Å². The van der Waals surface area contributed by atoms with Gasteiger partial charge in [-0.2, -0.15) is 0 Å². The molecule has 39 heavy (non-hydrogen) atoms. The number of aliphatic hydroxyl groups excluding tert-OH is 2. The number of nitrogens with one attached hydrogen (secondary N) is 3. The van der Waals surface area contributed by atoms with Gasteiger partial charge in [0.2, 0.25) is 15.9 Å². The van der Waals surface area contributed by atoms with Crippen LogP contribution in [0.15, 0.2) is 66.0 Å². The molecule has 4 unspecified atom stereocenters. The lowest BCUT2D eigenvalue weighted by Gasteiger charge is -2.33. The summed E-state index contributed by atoms with van der Waals surface area (Å²) in [7, 11) is -3.57. The lowest BCUT2D eigenvalue weighted by molar-refractivity contribution is -0.135. The molecular weight excluding hydrogens is 540 g/mol. The molecule has 12 heteroatoms. The van der Waals surface area contributed by atoms with Gasteiger partial charge < -0.3 is 20.8 Å². The largest absolute Gasteiger partial charge is 0.390 e. The Hall–Kier alpha value is -3.32. The fourth-order valence-corrected chi connectivity index (χ4v) is 5.70. The fourth-order valence-electron chi connectivity index (χ4n) is 4.16. The van der Waals surface area contributed by atoms with Crippen LogP contribution in [0.3, 0.4) is 0 Å². The van der Waals surface area contributed by atoms with Gasteiger partial charge in [-0.25, -0.2) is 13.4 Å². The van der Waals surface area contributed by atoms with Crippen LogP contribution in [0, 0.1) is 11.8 Å². The van der Waals surface area contributed by atoms with Crippen molar-refractivity contribution in [2.45, 2.75) is 45.1 Å². The molecule has 10 nitrogen and oxygen atoms in total. The molecule has 0 aliphatic carbocycles. The van der Waals surface area contributed by atoms with E-state index in [4.69, 9.17) is 0 Å². The van der Waals surface area contributed by atoms with E-state index in [2.05, 4.69) is 20.3 Å². The number of aliphatic hydroxyl groups is 2. The van der Waals surface area contributed by atoms with Crippen LogP contribution < -0.4 is 15.4 Å². The van der Waals surface area contributed by atoms with Crippen molar-refractivity contribution < 1.29 is 28.2 Å². The normalized spacial score (nSPS) is 14.7. The van der Waals surface area contributed by atoms with E-state index in [9.17, 15) is 28.2 Å². The molecule has 1 aromatic heterocycles. The summed E-state index contributed by atoms with van der Waals surface area (Å²) in [4.78, 5) is 30.2. The Morgan fingerprint density at radius 2 is 1.54 bits per heavy atom. The van der Waals surface area contributed by atoms with Crippen molar-refractivity contribution >= 4 is 38.3 Å².